The number of esters is 2. The Morgan fingerprint density at radius 1 is 1.00 bits per heavy atom. The number of thiazole rings is 1. The van der Waals surface area contributed by atoms with Gasteiger partial charge in [-0.15, -0.1) is 0 Å². The third-order valence-corrected chi connectivity index (χ3v) is 8.33. The Hall–Kier alpha value is -5.62. The van der Waals surface area contributed by atoms with E-state index in [1.807, 2.05) is 30.3 Å². The van der Waals surface area contributed by atoms with E-state index in [9.17, 15) is 18.8 Å². The van der Waals surface area contributed by atoms with E-state index in [2.05, 4.69) is 4.99 Å². The zero-order chi connectivity index (χ0) is 32.5. The van der Waals surface area contributed by atoms with Gasteiger partial charge in [0.2, 0.25) is 0 Å². The molecule has 2 aromatic heterocycles. The lowest BCUT2D eigenvalue weighted by Gasteiger charge is -2.25. The van der Waals surface area contributed by atoms with Gasteiger partial charge < -0.3 is 14.2 Å². The first-order valence-electron chi connectivity index (χ1n) is 14.1. The largest absolute Gasteiger partial charge is 0.493 e. The molecule has 0 unspecified atom stereocenters. The maximum Gasteiger partial charge on any atom is 0.338 e. The van der Waals surface area contributed by atoms with Gasteiger partial charge in [-0.05, 0) is 67.1 Å². The van der Waals surface area contributed by atoms with E-state index in [1.54, 1.807) is 54.2 Å². The second kappa shape index (κ2) is 12.4. The zero-order valence-electron chi connectivity index (χ0n) is 25.2. The van der Waals surface area contributed by atoms with Crippen molar-refractivity contribution in [2.45, 2.75) is 19.9 Å². The van der Waals surface area contributed by atoms with Crippen LogP contribution in [0.15, 0.2) is 100 Å². The van der Waals surface area contributed by atoms with Crippen LogP contribution in [-0.4, -0.2) is 40.5 Å². The molecule has 0 saturated carbocycles. The van der Waals surface area contributed by atoms with Crippen molar-refractivity contribution in [1.82, 2.24) is 14.3 Å². The van der Waals surface area contributed by atoms with Crippen molar-refractivity contribution in [3.63, 3.8) is 0 Å². The van der Waals surface area contributed by atoms with Crippen LogP contribution in [0.3, 0.4) is 0 Å². The van der Waals surface area contributed by atoms with Crippen LogP contribution in [0.2, 0.25) is 0 Å². The minimum absolute atomic E-state index is 0.174. The number of allylic oxidation sites excluding steroid dienone is 1. The van der Waals surface area contributed by atoms with E-state index < -0.39 is 23.5 Å². The van der Waals surface area contributed by atoms with Gasteiger partial charge in [0.15, 0.2) is 16.3 Å². The summed E-state index contributed by atoms with van der Waals surface area (Å²) in [5, 5.41) is 4.77. The standard InChI is InChI=1S/C34H27FN4O6S/c1-19-29(33(42)44-4)31(22-12-15-26(45-20(2)40)27(16-22)43-3)39-32(41)28(46-34(39)36-19)17-23-18-38(25-8-6-5-7-9-25)37-30(23)21-10-13-24(35)14-11-21/h5-18,31H,1-4H3/b28-17-/t31-/m1/s1. The summed E-state index contributed by atoms with van der Waals surface area (Å²) < 4.78 is 33.1. The van der Waals surface area contributed by atoms with Crippen molar-refractivity contribution in [1.29, 1.82) is 0 Å². The lowest BCUT2D eigenvalue weighted by atomic mass is 9.95. The molecule has 46 heavy (non-hydrogen) atoms. The molecule has 0 fully saturated rings. The van der Waals surface area contributed by atoms with Crippen molar-refractivity contribution in [2.24, 2.45) is 4.99 Å². The third kappa shape index (κ3) is 5.66. The summed E-state index contributed by atoms with van der Waals surface area (Å²) in [4.78, 5) is 44.0. The van der Waals surface area contributed by atoms with E-state index >= 15 is 0 Å². The van der Waals surface area contributed by atoms with E-state index in [0.717, 1.165) is 17.0 Å². The van der Waals surface area contributed by atoms with Crippen LogP contribution in [0, 0.1) is 5.82 Å². The number of carbonyl (C=O) groups excluding carboxylic acids is 2. The molecule has 12 heteroatoms. The minimum atomic E-state index is -0.922. The van der Waals surface area contributed by atoms with Crippen molar-refractivity contribution in [3.05, 3.63) is 127 Å². The molecular weight excluding hydrogens is 611 g/mol. The van der Waals surface area contributed by atoms with Crippen LogP contribution in [0.4, 0.5) is 4.39 Å². The monoisotopic (exact) mass is 638 g/mol. The Morgan fingerprint density at radius 3 is 2.41 bits per heavy atom. The van der Waals surface area contributed by atoms with E-state index in [4.69, 9.17) is 19.3 Å². The SMILES string of the molecule is COC(=O)C1=C(C)N=c2s/c(=C\c3cn(-c4ccccc4)nc3-c3ccc(F)cc3)c(=O)n2[C@@H]1c1ccc(OC(C)=O)c(OC)c1. The van der Waals surface area contributed by atoms with Crippen molar-refractivity contribution >= 4 is 29.4 Å². The van der Waals surface area contributed by atoms with Gasteiger partial charge in [0.05, 0.1) is 41.8 Å². The molecule has 232 valence electrons. The maximum atomic E-state index is 14.2. The van der Waals surface area contributed by atoms with Gasteiger partial charge in [0.1, 0.15) is 11.5 Å². The van der Waals surface area contributed by atoms with Crippen LogP contribution in [-0.2, 0) is 14.3 Å². The lowest BCUT2D eigenvalue weighted by Crippen LogP contribution is -2.39. The molecule has 1 aliphatic heterocycles. The molecule has 5 aromatic rings. The molecule has 1 aliphatic rings. The van der Waals surface area contributed by atoms with Crippen molar-refractivity contribution < 1.29 is 28.2 Å². The number of methoxy groups -OCH3 is 2. The number of para-hydroxylation sites is 1. The molecule has 0 aliphatic carbocycles. The topological polar surface area (TPSA) is 114 Å². The fourth-order valence-electron chi connectivity index (χ4n) is 5.28. The summed E-state index contributed by atoms with van der Waals surface area (Å²) in [6.07, 6.45) is 3.51. The Kier molecular flexibility index (Phi) is 8.20. The number of benzene rings is 3. The first kappa shape index (κ1) is 30.4. The number of nitrogens with zero attached hydrogens (tertiary/aromatic N) is 4. The minimum Gasteiger partial charge on any atom is -0.493 e. The lowest BCUT2D eigenvalue weighted by molar-refractivity contribution is -0.136. The van der Waals surface area contributed by atoms with Gasteiger partial charge in [0.25, 0.3) is 5.56 Å². The van der Waals surface area contributed by atoms with Gasteiger partial charge in [0, 0.05) is 24.2 Å². The van der Waals surface area contributed by atoms with E-state index in [1.165, 1.54) is 37.8 Å². The molecule has 0 bridgehead atoms. The van der Waals surface area contributed by atoms with E-state index in [-0.39, 0.29) is 22.9 Å². The Balaban J connectivity index is 1.56. The van der Waals surface area contributed by atoms with Crippen molar-refractivity contribution in [2.75, 3.05) is 14.2 Å². The normalized spacial score (nSPS) is 14.5. The molecule has 0 spiro atoms. The summed E-state index contributed by atoms with van der Waals surface area (Å²) in [6.45, 7) is 2.95. The van der Waals surface area contributed by atoms with Gasteiger partial charge in [-0.3, -0.25) is 14.2 Å². The molecule has 3 heterocycles. The van der Waals surface area contributed by atoms with Gasteiger partial charge in [-0.1, -0.05) is 35.6 Å². The molecule has 1 atom stereocenters. The van der Waals surface area contributed by atoms with Crippen LogP contribution in [0.5, 0.6) is 11.5 Å². The van der Waals surface area contributed by atoms with Crippen LogP contribution >= 0.6 is 11.3 Å². The van der Waals surface area contributed by atoms with Gasteiger partial charge in [-0.2, -0.15) is 5.10 Å². The summed E-state index contributed by atoms with van der Waals surface area (Å²) in [7, 11) is 2.69. The summed E-state index contributed by atoms with van der Waals surface area (Å²) in [5.74, 6) is -1.12. The fraction of sp³-hybridized carbons (Fsp3) is 0.147. The average Bonchev–Trinajstić information content (AvgIpc) is 3.61. The molecule has 3 aromatic carbocycles. The molecule has 0 radical (unpaired) electrons. The molecule has 0 amide bonds. The zero-order valence-corrected chi connectivity index (χ0v) is 26.0. The van der Waals surface area contributed by atoms with E-state index in [0.29, 0.717) is 37.4 Å². The molecule has 6 rings (SSSR count). The quantitative estimate of drug-likeness (QED) is 0.193. The smallest absolute Gasteiger partial charge is 0.338 e. The second-order valence-corrected chi connectivity index (χ2v) is 11.3. The number of fused-ring (bicyclic) bond motifs is 1. The predicted octanol–water partition coefficient (Wildman–Crippen LogP) is 4.33. The summed E-state index contributed by atoms with van der Waals surface area (Å²) in [5.41, 5.74) is 3.30. The summed E-state index contributed by atoms with van der Waals surface area (Å²) in [6, 6.07) is 19.3. The Bertz CT molecular complexity index is 2200. The van der Waals surface area contributed by atoms with Crippen LogP contribution in [0.1, 0.15) is 31.0 Å². The highest BCUT2D eigenvalue weighted by atomic mass is 32.1. The second-order valence-electron chi connectivity index (χ2n) is 10.3. The first-order valence-corrected chi connectivity index (χ1v) is 14.9. The number of halogens is 1. The molecule has 0 N–H and O–H groups in total. The van der Waals surface area contributed by atoms with Crippen LogP contribution < -0.4 is 24.4 Å². The number of ether oxygens (including phenoxy) is 3. The first-order chi connectivity index (χ1) is 22.2. The average molecular weight is 639 g/mol. The van der Waals surface area contributed by atoms with Gasteiger partial charge >= 0.3 is 11.9 Å². The maximum absolute atomic E-state index is 14.2. The third-order valence-electron chi connectivity index (χ3n) is 7.35. The number of rotatable bonds is 7. The predicted molar refractivity (Wildman–Crippen MR) is 169 cm³/mol. The van der Waals surface area contributed by atoms with Crippen molar-refractivity contribution in [3.8, 4) is 28.4 Å². The Morgan fingerprint density at radius 2 is 1.74 bits per heavy atom. The fourth-order valence-corrected chi connectivity index (χ4v) is 6.32. The number of hydrogen-bond acceptors (Lipinski definition) is 9. The number of carbonyl (C=O) groups is 2. The van der Waals surface area contributed by atoms with Gasteiger partial charge in [-0.25, -0.2) is 18.9 Å². The van der Waals surface area contributed by atoms with Crippen LogP contribution in [0.25, 0.3) is 23.0 Å². The highest BCUT2D eigenvalue weighted by molar-refractivity contribution is 7.07. The number of hydrogen-bond donors (Lipinski definition) is 0. The highest BCUT2D eigenvalue weighted by Gasteiger charge is 2.34. The molecule has 10 nitrogen and oxygen atoms in total. The highest BCUT2D eigenvalue weighted by Crippen LogP contribution is 2.36. The molecular formula is C34H27FN4O6S. The molecule has 0 saturated heterocycles. The summed E-state index contributed by atoms with van der Waals surface area (Å²) >= 11 is 1.16. The number of aromatic nitrogens is 3. The Labute approximate surface area is 265 Å².